The molecule has 1 aromatic heterocycles. The van der Waals surface area contributed by atoms with Crippen LogP contribution >= 0.6 is 11.3 Å². The molecule has 0 atom stereocenters. The van der Waals surface area contributed by atoms with Gasteiger partial charge in [0.1, 0.15) is 10.7 Å². The molecule has 0 radical (unpaired) electrons. The molecule has 0 bridgehead atoms. The molecule has 0 saturated carbocycles. The first-order valence-corrected chi connectivity index (χ1v) is 8.58. The predicted molar refractivity (Wildman–Crippen MR) is 78.1 cm³/mol. The first kappa shape index (κ1) is 16.0. The lowest BCUT2D eigenvalue weighted by Gasteiger charge is -2.08. The second-order valence-electron chi connectivity index (χ2n) is 4.43. The Morgan fingerprint density at radius 1 is 1.43 bits per heavy atom. The van der Waals surface area contributed by atoms with Crippen LogP contribution in [0, 0.1) is 12.7 Å². The quantitative estimate of drug-likeness (QED) is 0.843. The molecular weight excluding hydrogens is 315 g/mol. The lowest BCUT2D eigenvalue weighted by molar-refractivity contribution is 0.281. The molecule has 8 heteroatoms. The zero-order valence-corrected chi connectivity index (χ0v) is 13.0. The van der Waals surface area contributed by atoms with E-state index in [1.807, 2.05) is 12.3 Å². The Hall–Kier alpha value is -1.35. The molecule has 21 heavy (non-hydrogen) atoms. The fraction of sp³-hybridized carbons (Fsp3) is 0.308. The lowest BCUT2D eigenvalue weighted by Crippen LogP contribution is -2.27. The van der Waals surface area contributed by atoms with Gasteiger partial charge in [-0.05, 0) is 24.6 Å². The largest absolute Gasteiger partial charge is 0.392 e. The molecule has 5 nitrogen and oxygen atoms in total. The molecule has 2 N–H and O–H groups in total. The van der Waals surface area contributed by atoms with Gasteiger partial charge in [-0.3, -0.25) is 0 Å². The van der Waals surface area contributed by atoms with E-state index in [0.29, 0.717) is 12.0 Å². The lowest BCUT2D eigenvalue weighted by atomic mass is 10.2. The van der Waals surface area contributed by atoms with E-state index < -0.39 is 20.7 Å². The van der Waals surface area contributed by atoms with Crippen LogP contribution in [0.1, 0.15) is 16.3 Å². The number of thiazole rings is 1. The van der Waals surface area contributed by atoms with E-state index >= 15 is 0 Å². The van der Waals surface area contributed by atoms with E-state index in [1.165, 1.54) is 17.4 Å². The second kappa shape index (κ2) is 6.61. The maximum atomic E-state index is 13.7. The van der Waals surface area contributed by atoms with E-state index in [2.05, 4.69) is 9.71 Å². The average Bonchev–Trinajstić information content (AvgIpc) is 2.83. The average molecular weight is 330 g/mol. The Morgan fingerprint density at radius 3 is 2.76 bits per heavy atom. The number of aryl methyl sites for hydroxylation is 1. The SMILES string of the molecule is Cc1nc(CCNS(=O)(=O)c2ccc(CO)cc2F)cs1. The summed E-state index contributed by atoms with van der Waals surface area (Å²) in [6.45, 7) is 1.68. The smallest absolute Gasteiger partial charge is 0.243 e. The summed E-state index contributed by atoms with van der Waals surface area (Å²) in [7, 11) is -3.91. The zero-order valence-electron chi connectivity index (χ0n) is 11.3. The maximum Gasteiger partial charge on any atom is 0.243 e. The minimum Gasteiger partial charge on any atom is -0.392 e. The number of benzene rings is 1. The normalized spacial score (nSPS) is 11.8. The third kappa shape index (κ3) is 4.07. The van der Waals surface area contributed by atoms with Gasteiger partial charge in [0.2, 0.25) is 10.0 Å². The molecule has 2 rings (SSSR count). The van der Waals surface area contributed by atoms with E-state index in [-0.39, 0.29) is 13.2 Å². The maximum absolute atomic E-state index is 13.7. The highest BCUT2D eigenvalue weighted by molar-refractivity contribution is 7.89. The van der Waals surface area contributed by atoms with Crippen LogP contribution in [-0.4, -0.2) is 25.1 Å². The molecule has 1 heterocycles. The number of rotatable bonds is 6. The Morgan fingerprint density at radius 2 is 2.19 bits per heavy atom. The Bertz CT molecular complexity index is 729. The Kier molecular flexibility index (Phi) is 5.04. The first-order valence-electron chi connectivity index (χ1n) is 6.22. The summed E-state index contributed by atoms with van der Waals surface area (Å²) in [5, 5.41) is 11.7. The topological polar surface area (TPSA) is 79.3 Å². The van der Waals surface area contributed by atoms with Gasteiger partial charge in [-0.15, -0.1) is 11.3 Å². The monoisotopic (exact) mass is 330 g/mol. The Labute approximate surface area is 126 Å². The summed E-state index contributed by atoms with van der Waals surface area (Å²) >= 11 is 1.49. The number of aliphatic hydroxyl groups is 1. The van der Waals surface area contributed by atoms with Crippen molar-refractivity contribution in [1.29, 1.82) is 0 Å². The van der Waals surface area contributed by atoms with Crippen LogP contribution in [0.15, 0.2) is 28.5 Å². The van der Waals surface area contributed by atoms with Crippen molar-refractivity contribution in [3.8, 4) is 0 Å². The van der Waals surface area contributed by atoms with E-state index in [9.17, 15) is 12.8 Å². The molecule has 0 aliphatic carbocycles. The van der Waals surface area contributed by atoms with Gasteiger partial charge >= 0.3 is 0 Å². The fourth-order valence-electron chi connectivity index (χ4n) is 1.77. The second-order valence-corrected chi connectivity index (χ2v) is 7.23. The van der Waals surface area contributed by atoms with Gasteiger partial charge in [-0.2, -0.15) is 0 Å². The highest BCUT2D eigenvalue weighted by Gasteiger charge is 2.18. The number of nitrogens with zero attached hydrogens (tertiary/aromatic N) is 1. The molecule has 0 aliphatic heterocycles. The van der Waals surface area contributed by atoms with Crippen molar-refractivity contribution in [2.45, 2.75) is 24.8 Å². The summed E-state index contributed by atoms with van der Waals surface area (Å²) in [5.41, 5.74) is 1.13. The van der Waals surface area contributed by atoms with Gasteiger partial charge in [0.15, 0.2) is 0 Å². The van der Waals surface area contributed by atoms with E-state index in [0.717, 1.165) is 22.8 Å². The van der Waals surface area contributed by atoms with Crippen molar-refractivity contribution in [2.24, 2.45) is 0 Å². The number of sulfonamides is 1. The van der Waals surface area contributed by atoms with Gasteiger partial charge in [-0.1, -0.05) is 6.07 Å². The number of hydrogen-bond acceptors (Lipinski definition) is 5. The van der Waals surface area contributed by atoms with Crippen molar-refractivity contribution in [3.05, 3.63) is 45.7 Å². The number of hydrogen-bond donors (Lipinski definition) is 2. The molecule has 0 spiro atoms. The first-order chi connectivity index (χ1) is 9.92. The number of halogens is 1. The number of nitrogens with one attached hydrogen (secondary N) is 1. The molecule has 0 aliphatic rings. The molecule has 0 fully saturated rings. The van der Waals surface area contributed by atoms with E-state index in [4.69, 9.17) is 5.11 Å². The van der Waals surface area contributed by atoms with Crippen LogP contribution < -0.4 is 4.72 Å². The van der Waals surface area contributed by atoms with Crippen LogP contribution in [-0.2, 0) is 23.1 Å². The van der Waals surface area contributed by atoms with Gasteiger partial charge in [0, 0.05) is 18.3 Å². The predicted octanol–water partition coefficient (Wildman–Crippen LogP) is 1.60. The summed E-state index contributed by atoms with van der Waals surface area (Å²) < 4.78 is 40.1. The number of aromatic nitrogens is 1. The van der Waals surface area contributed by atoms with Crippen LogP contribution in [0.5, 0.6) is 0 Å². The summed E-state index contributed by atoms with van der Waals surface area (Å²) in [5.74, 6) is -0.876. The minimum absolute atomic E-state index is 0.146. The molecular formula is C13H15FN2O3S2. The highest BCUT2D eigenvalue weighted by atomic mass is 32.2. The highest BCUT2D eigenvalue weighted by Crippen LogP contribution is 2.16. The van der Waals surface area contributed by atoms with Crippen LogP contribution in [0.25, 0.3) is 0 Å². The minimum atomic E-state index is -3.91. The zero-order chi connectivity index (χ0) is 15.5. The molecule has 0 amide bonds. The van der Waals surface area contributed by atoms with Gasteiger partial charge < -0.3 is 5.11 Å². The molecule has 0 unspecified atom stereocenters. The summed E-state index contributed by atoms with van der Waals surface area (Å²) in [6, 6.07) is 3.54. The summed E-state index contributed by atoms with van der Waals surface area (Å²) in [6.07, 6.45) is 0.444. The fourth-order valence-corrected chi connectivity index (χ4v) is 3.51. The van der Waals surface area contributed by atoms with Gasteiger partial charge in [-0.25, -0.2) is 22.5 Å². The van der Waals surface area contributed by atoms with Crippen molar-refractivity contribution in [3.63, 3.8) is 0 Å². The van der Waals surface area contributed by atoms with Crippen molar-refractivity contribution < 1.29 is 17.9 Å². The molecule has 0 saturated heterocycles. The van der Waals surface area contributed by atoms with E-state index in [1.54, 1.807) is 0 Å². The third-order valence-electron chi connectivity index (χ3n) is 2.81. The van der Waals surface area contributed by atoms with Crippen LogP contribution in [0.2, 0.25) is 0 Å². The Balaban J connectivity index is 2.04. The number of aliphatic hydroxyl groups excluding tert-OH is 1. The van der Waals surface area contributed by atoms with Crippen molar-refractivity contribution in [2.75, 3.05) is 6.54 Å². The van der Waals surface area contributed by atoms with Crippen molar-refractivity contribution in [1.82, 2.24) is 9.71 Å². The van der Waals surface area contributed by atoms with Crippen LogP contribution in [0.4, 0.5) is 4.39 Å². The molecule has 2 aromatic rings. The molecule has 1 aromatic carbocycles. The van der Waals surface area contributed by atoms with Gasteiger partial charge in [0.25, 0.3) is 0 Å². The standard InChI is InChI=1S/C13H15FN2O3S2/c1-9-16-11(8-20-9)4-5-15-21(18,19)13-3-2-10(7-17)6-12(13)14/h2-3,6,8,15,17H,4-5,7H2,1H3. The van der Waals surface area contributed by atoms with Crippen molar-refractivity contribution >= 4 is 21.4 Å². The third-order valence-corrected chi connectivity index (χ3v) is 5.12. The summed E-state index contributed by atoms with van der Waals surface area (Å²) in [4.78, 5) is 3.80. The van der Waals surface area contributed by atoms with Crippen LogP contribution in [0.3, 0.4) is 0 Å². The molecule has 114 valence electrons. The van der Waals surface area contributed by atoms with Gasteiger partial charge in [0.05, 0.1) is 17.3 Å².